The summed E-state index contributed by atoms with van der Waals surface area (Å²) in [6.07, 6.45) is 0. The Morgan fingerprint density at radius 3 is 1.58 bits per heavy atom. The van der Waals surface area contributed by atoms with Gasteiger partial charge in [0.2, 0.25) is 0 Å². The molecule has 174 valence electrons. The van der Waals surface area contributed by atoms with Crippen molar-refractivity contribution >= 4 is 21.5 Å². The summed E-state index contributed by atoms with van der Waals surface area (Å²) in [5.41, 5.74) is 4.64. The Balaban J connectivity index is 1.14. The van der Waals surface area contributed by atoms with Gasteiger partial charge in [0.15, 0.2) is 0 Å². The van der Waals surface area contributed by atoms with Crippen LogP contribution in [0.2, 0.25) is 0 Å². The third-order valence-corrected chi connectivity index (χ3v) is 6.52. The fourth-order valence-electron chi connectivity index (χ4n) is 4.55. The Bertz CT molecular complexity index is 1630. The van der Waals surface area contributed by atoms with Crippen LogP contribution in [0.3, 0.4) is 0 Å². The molecule has 0 N–H and O–H groups in total. The molecule has 2 heteroatoms. The Morgan fingerprint density at radius 2 is 0.944 bits per heavy atom. The topological polar surface area (TPSA) is 18.5 Å². The molecule has 0 heterocycles. The standard InChI is InChI=1S/C34H26O2/c1-3-9-29-21-32(19-17-26(29)7-1)35-23-25-13-15-28(16-14-25)34-12-6-5-11-31(34)24-36-33-20-18-27-8-2-4-10-30(27)22-33/h1-22H,23-24H2. The van der Waals surface area contributed by atoms with Gasteiger partial charge in [-0.2, -0.15) is 0 Å². The van der Waals surface area contributed by atoms with Crippen LogP contribution in [-0.4, -0.2) is 0 Å². The molecule has 6 aromatic rings. The largest absolute Gasteiger partial charge is 0.489 e. The predicted octanol–water partition coefficient (Wildman–Crippen LogP) is 8.82. The van der Waals surface area contributed by atoms with Crippen LogP contribution in [0.15, 0.2) is 133 Å². The highest BCUT2D eigenvalue weighted by Gasteiger charge is 2.07. The van der Waals surface area contributed by atoms with Crippen LogP contribution < -0.4 is 9.47 Å². The second kappa shape index (κ2) is 9.97. The Labute approximate surface area is 211 Å². The van der Waals surface area contributed by atoms with Crippen LogP contribution in [0.4, 0.5) is 0 Å². The predicted molar refractivity (Wildman–Crippen MR) is 148 cm³/mol. The van der Waals surface area contributed by atoms with Crippen LogP contribution >= 0.6 is 0 Å². The maximum absolute atomic E-state index is 6.18. The van der Waals surface area contributed by atoms with Gasteiger partial charge >= 0.3 is 0 Å². The quantitative estimate of drug-likeness (QED) is 0.234. The van der Waals surface area contributed by atoms with Gasteiger partial charge < -0.3 is 9.47 Å². The molecule has 0 saturated heterocycles. The van der Waals surface area contributed by atoms with Crippen molar-refractivity contribution in [2.75, 3.05) is 0 Å². The molecule has 6 aromatic carbocycles. The van der Waals surface area contributed by atoms with E-state index in [2.05, 4.69) is 121 Å². The molecule has 0 spiro atoms. The summed E-state index contributed by atoms with van der Waals surface area (Å²) in [5, 5.41) is 4.81. The first-order valence-electron chi connectivity index (χ1n) is 12.2. The SMILES string of the molecule is c1ccc(-c2ccc(COc3ccc4ccccc4c3)cc2)c(COc2ccc3ccccc3c2)c1. The van der Waals surface area contributed by atoms with Crippen LogP contribution in [-0.2, 0) is 13.2 Å². The molecule has 0 fully saturated rings. The molecule has 2 nitrogen and oxygen atoms in total. The zero-order valence-electron chi connectivity index (χ0n) is 19.9. The van der Waals surface area contributed by atoms with Gasteiger partial charge in [0.25, 0.3) is 0 Å². The van der Waals surface area contributed by atoms with Crippen LogP contribution in [0.1, 0.15) is 11.1 Å². The molecule has 6 rings (SSSR count). The van der Waals surface area contributed by atoms with E-state index in [4.69, 9.17) is 9.47 Å². The summed E-state index contributed by atoms with van der Waals surface area (Å²) in [5.74, 6) is 1.76. The monoisotopic (exact) mass is 466 g/mol. The van der Waals surface area contributed by atoms with Crippen molar-refractivity contribution in [3.63, 3.8) is 0 Å². The van der Waals surface area contributed by atoms with Crippen molar-refractivity contribution in [3.8, 4) is 22.6 Å². The van der Waals surface area contributed by atoms with Crippen LogP contribution in [0, 0.1) is 0 Å². The summed E-state index contributed by atoms with van der Waals surface area (Å²) in [6, 6.07) is 46.2. The lowest BCUT2D eigenvalue weighted by atomic mass is 9.99. The molecule has 0 radical (unpaired) electrons. The van der Waals surface area contributed by atoms with Crippen LogP contribution in [0.25, 0.3) is 32.7 Å². The highest BCUT2D eigenvalue weighted by molar-refractivity contribution is 5.84. The summed E-state index contributed by atoms with van der Waals surface area (Å²) in [4.78, 5) is 0. The lowest BCUT2D eigenvalue weighted by Crippen LogP contribution is -1.98. The molecule has 0 unspecified atom stereocenters. The molecule has 0 aliphatic rings. The number of ether oxygens (including phenoxy) is 2. The molecular formula is C34H26O2. The van der Waals surface area contributed by atoms with Crippen molar-refractivity contribution in [1.29, 1.82) is 0 Å². The number of benzene rings is 6. The lowest BCUT2D eigenvalue weighted by molar-refractivity contribution is 0.306. The molecule has 36 heavy (non-hydrogen) atoms. The Hall–Kier alpha value is -4.56. The van der Waals surface area contributed by atoms with E-state index in [9.17, 15) is 0 Å². The van der Waals surface area contributed by atoms with Crippen molar-refractivity contribution in [2.45, 2.75) is 13.2 Å². The molecular weight excluding hydrogens is 440 g/mol. The second-order valence-corrected chi connectivity index (χ2v) is 8.95. The molecule has 0 aliphatic heterocycles. The van der Waals surface area contributed by atoms with Gasteiger partial charge in [0.05, 0.1) is 0 Å². The summed E-state index contributed by atoms with van der Waals surface area (Å²) < 4.78 is 12.3. The fourth-order valence-corrected chi connectivity index (χ4v) is 4.55. The maximum atomic E-state index is 6.18. The zero-order chi connectivity index (χ0) is 24.2. The average molecular weight is 467 g/mol. The van der Waals surface area contributed by atoms with Gasteiger partial charge in [0, 0.05) is 0 Å². The van der Waals surface area contributed by atoms with Crippen LogP contribution in [0.5, 0.6) is 11.5 Å². The summed E-state index contributed by atoms with van der Waals surface area (Å²) in [7, 11) is 0. The Morgan fingerprint density at radius 1 is 0.417 bits per heavy atom. The van der Waals surface area contributed by atoms with E-state index < -0.39 is 0 Å². The first kappa shape index (κ1) is 21.9. The number of hydrogen-bond acceptors (Lipinski definition) is 2. The van der Waals surface area contributed by atoms with Crippen molar-refractivity contribution in [2.24, 2.45) is 0 Å². The first-order valence-corrected chi connectivity index (χ1v) is 12.2. The lowest BCUT2D eigenvalue weighted by Gasteiger charge is -2.13. The summed E-state index contributed by atoms with van der Waals surface area (Å²) in [6.45, 7) is 1.05. The molecule has 0 saturated carbocycles. The second-order valence-electron chi connectivity index (χ2n) is 8.95. The van der Waals surface area contributed by atoms with E-state index in [-0.39, 0.29) is 0 Å². The molecule has 0 amide bonds. The minimum atomic E-state index is 0.515. The number of fused-ring (bicyclic) bond motifs is 2. The van der Waals surface area contributed by atoms with Crippen molar-refractivity contribution in [3.05, 3.63) is 145 Å². The van der Waals surface area contributed by atoms with Crippen molar-refractivity contribution in [1.82, 2.24) is 0 Å². The summed E-state index contributed by atoms with van der Waals surface area (Å²) >= 11 is 0. The average Bonchev–Trinajstić information content (AvgIpc) is 2.95. The minimum Gasteiger partial charge on any atom is -0.489 e. The van der Waals surface area contributed by atoms with E-state index in [1.807, 2.05) is 12.1 Å². The highest BCUT2D eigenvalue weighted by Crippen LogP contribution is 2.27. The van der Waals surface area contributed by atoms with Gasteiger partial charge in [-0.3, -0.25) is 0 Å². The van der Waals surface area contributed by atoms with E-state index in [1.54, 1.807) is 0 Å². The molecule has 0 bridgehead atoms. The number of hydrogen-bond donors (Lipinski definition) is 0. The third kappa shape index (κ3) is 4.80. The van der Waals surface area contributed by atoms with Gasteiger partial charge in [0.1, 0.15) is 24.7 Å². The van der Waals surface area contributed by atoms with Gasteiger partial charge in [-0.25, -0.2) is 0 Å². The van der Waals surface area contributed by atoms with Gasteiger partial charge in [-0.1, -0.05) is 109 Å². The van der Waals surface area contributed by atoms with E-state index in [1.165, 1.54) is 32.7 Å². The van der Waals surface area contributed by atoms with E-state index >= 15 is 0 Å². The highest BCUT2D eigenvalue weighted by atomic mass is 16.5. The third-order valence-electron chi connectivity index (χ3n) is 6.52. The smallest absolute Gasteiger partial charge is 0.120 e. The minimum absolute atomic E-state index is 0.515. The first-order chi connectivity index (χ1) is 17.8. The van der Waals surface area contributed by atoms with Gasteiger partial charge in [-0.15, -0.1) is 0 Å². The Kier molecular flexibility index (Phi) is 6.08. The maximum Gasteiger partial charge on any atom is 0.120 e. The molecule has 0 atom stereocenters. The van der Waals surface area contributed by atoms with Crippen molar-refractivity contribution < 1.29 is 9.47 Å². The fraction of sp³-hybridized carbons (Fsp3) is 0.0588. The molecule has 0 aliphatic carbocycles. The van der Waals surface area contributed by atoms with Gasteiger partial charge in [-0.05, 0) is 68.1 Å². The normalized spacial score (nSPS) is 11.0. The number of rotatable bonds is 7. The molecule has 0 aromatic heterocycles. The van der Waals surface area contributed by atoms with E-state index in [0.29, 0.717) is 13.2 Å². The van der Waals surface area contributed by atoms with E-state index in [0.717, 1.165) is 22.6 Å². The zero-order valence-corrected chi connectivity index (χ0v) is 19.9.